The van der Waals surface area contributed by atoms with Crippen LogP contribution in [0.2, 0.25) is 0 Å². The minimum Gasteiger partial charge on any atom is -0.481 e. The second-order valence-corrected chi connectivity index (χ2v) is 21.7. The van der Waals surface area contributed by atoms with Crippen molar-refractivity contribution in [3.8, 4) is 0 Å². The molecule has 6 aliphatic rings. The second kappa shape index (κ2) is 22.2. The van der Waals surface area contributed by atoms with Crippen molar-refractivity contribution in [1.29, 1.82) is 0 Å². The van der Waals surface area contributed by atoms with Crippen LogP contribution in [-0.2, 0) is 19.2 Å². The lowest BCUT2D eigenvalue weighted by atomic mass is 9.56. The Balaban J connectivity index is 1.15. The topological polar surface area (TPSA) is 218 Å². The van der Waals surface area contributed by atoms with E-state index in [4.69, 9.17) is 0 Å². The molecule has 16 unspecified atom stereocenters. The van der Waals surface area contributed by atoms with Crippen molar-refractivity contribution >= 4 is 23.7 Å². The van der Waals surface area contributed by atoms with Crippen LogP contribution >= 0.6 is 0 Å². The molecule has 0 spiro atoms. The number of aliphatic carboxylic acids is 1. The Morgan fingerprint density at radius 3 is 1.01 bits per heavy atom. The molecular formula is C47H68F12N4O9. The highest BCUT2D eigenvalue weighted by atomic mass is 19.4. The van der Waals surface area contributed by atoms with Crippen LogP contribution in [0.1, 0.15) is 128 Å². The van der Waals surface area contributed by atoms with Gasteiger partial charge < -0.3 is 46.8 Å². The normalized spacial score (nSPS) is 37.0. The Labute approximate surface area is 408 Å². The lowest BCUT2D eigenvalue weighted by Crippen LogP contribution is -2.64. The van der Waals surface area contributed by atoms with Crippen LogP contribution < -0.4 is 21.3 Å². The first-order chi connectivity index (χ1) is 33.4. The molecule has 3 amide bonds. The van der Waals surface area contributed by atoms with Gasteiger partial charge in [0, 0.05) is 17.9 Å². The van der Waals surface area contributed by atoms with Gasteiger partial charge in [-0.3, -0.25) is 19.2 Å². The number of aliphatic hydroxyl groups is 4. The molecule has 0 aromatic heterocycles. The van der Waals surface area contributed by atoms with Crippen LogP contribution in [0.3, 0.4) is 0 Å². The second-order valence-electron chi connectivity index (χ2n) is 21.7. The van der Waals surface area contributed by atoms with E-state index in [0.29, 0.717) is 12.8 Å². The van der Waals surface area contributed by atoms with Crippen molar-refractivity contribution in [3.63, 3.8) is 0 Å². The summed E-state index contributed by atoms with van der Waals surface area (Å²) in [5, 5.41) is 62.4. The van der Waals surface area contributed by atoms with Crippen molar-refractivity contribution in [2.45, 2.75) is 202 Å². The number of carboxylic acid groups (broad SMARTS) is 1. The van der Waals surface area contributed by atoms with Gasteiger partial charge in [0.25, 0.3) is 0 Å². The minimum atomic E-state index is -5.99. The molecule has 72 heavy (non-hydrogen) atoms. The van der Waals surface area contributed by atoms with Crippen LogP contribution in [0, 0.1) is 58.2 Å². The zero-order valence-corrected chi connectivity index (χ0v) is 39.8. The molecule has 0 bridgehead atoms. The van der Waals surface area contributed by atoms with E-state index in [9.17, 15) is 44.7 Å². The Morgan fingerprint density at radius 1 is 0.389 bits per heavy atom. The van der Waals surface area contributed by atoms with E-state index in [1.54, 1.807) is 0 Å². The summed E-state index contributed by atoms with van der Waals surface area (Å²) in [4.78, 5) is 52.8. The molecule has 0 aromatic carbocycles. The lowest BCUT2D eigenvalue weighted by molar-refractivity contribution is -0.384. The molecule has 6 aliphatic carbocycles. The summed E-state index contributed by atoms with van der Waals surface area (Å²) in [7, 11) is 1.31. The largest absolute Gasteiger partial charge is 0.481 e. The molecule has 25 heteroatoms. The predicted molar refractivity (Wildman–Crippen MR) is 230 cm³/mol. The average Bonchev–Trinajstić information content (AvgIpc) is 3.28. The first-order valence-electron chi connectivity index (χ1n) is 25.2. The number of aliphatic hydroxyl groups excluding tert-OH is 4. The highest BCUT2D eigenvalue weighted by Gasteiger charge is 2.78. The summed E-state index contributed by atoms with van der Waals surface area (Å²) in [6.07, 6.45) is -36.9. The van der Waals surface area contributed by atoms with Gasteiger partial charge in [0.2, 0.25) is 17.7 Å². The quantitative estimate of drug-likeness (QED) is 0.0956. The van der Waals surface area contributed by atoms with Crippen LogP contribution in [0.5, 0.6) is 0 Å². The summed E-state index contributed by atoms with van der Waals surface area (Å²) < 4.78 is 184. The van der Waals surface area contributed by atoms with Gasteiger partial charge in [-0.15, -0.1) is 0 Å². The van der Waals surface area contributed by atoms with Crippen molar-refractivity contribution < 1.29 is 97.4 Å². The number of halogens is 12. The molecule has 0 heterocycles. The maximum atomic E-state index is 15.5. The highest BCUT2D eigenvalue weighted by molar-refractivity contribution is 5.85. The first kappa shape index (κ1) is 58.1. The molecule has 6 fully saturated rings. The van der Waals surface area contributed by atoms with Crippen molar-refractivity contribution in [3.05, 3.63) is 0 Å². The number of likely N-dealkylation sites (N-methyl/N-ethyl adjacent to an activating group) is 1. The molecular weight excluding hydrogens is 993 g/mol. The maximum Gasteiger partial charge on any atom is 0.403 e. The minimum absolute atomic E-state index is 0.0555. The standard InChI is InChI=1S/C47H68F12N4O9/c1-60-30-18-24(9-13-34(30)64)42(44(48,49)50,45(51,52)53)25-10-14-35(65)31(19-25)61-38(68)22-5-4-6-23(17-22)39(69)62-32-20-26(11-15-36(32)66)43(46(54,55)56,47(57,58)59)27-12-16-37(67)33(21-27)63-40(70)28-7-2-3-8-29(28)41(71)72/h22-37,60,64-67H,2-21H2,1H3,(H,61,68)(H,62,69)(H,63,70)(H,71,72). The number of hydrogen-bond donors (Lipinski definition) is 9. The fourth-order valence-corrected chi connectivity index (χ4v) is 14.2. The van der Waals surface area contributed by atoms with Gasteiger partial charge in [-0.25, -0.2) is 0 Å². The Morgan fingerprint density at radius 2 is 0.694 bits per heavy atom. The van der Waals surface area contributed by atoms with Crippen molar-refractivity contribution in [1.82, 2.24) is 21.3 Å². The van der Waals surface area contributed by atoms with Gasteiger partial charge in [-0.05, 0) is 140 Å². The third-order valence-electron chi connectivity index (χ3n) is 17.9. The Kier molecular flexibility index (Phi) is 17.9. The van der Waals surface area contributed by atoms with E-state index in [2.05, 4.69) is 21.3 Å². The van der Waals surface area contributed by atoms with Crippen molar-refractivity contribution in [2.75, 3.05) is 7.05 Å². The van der Waals surface area contributed by atoms with Gasteiger partial charge in [-0.1, -0.05) is 19.3 Å². The number of carbonyl (C=O) groups is 4. The smallest absolute Gasteiger partial charge is 0.403 e. The number of carboxylic acids is 1. The van der Waals surface area contributed by atoms with E-state index < -0.39 is 226 Å². The van der Waals surface area contributed by atoms with Crippen LogP contribution in [0.25, 0.3) is 0 Å². The number of hydrogen-bond acceptors (Lipinski definition) is 9. The fraction of sp³-hybridized carbons (Fsp3) is 0.915. The third kappa shape index (κ3) is 11.3. The molecule has 0 radical (unpaired) electrons. The highest BCUT2D eigenvalue weighted by Crippen LogP contribution is 2.66. The maximum absolute atomic E-state index is 15.5. The summed E-state index contributed by atoms with van der Waals surface area (Å²) in [5.41, 5.74) is -8.73. The molecule has 0 aliphatic heterocycles. The summed E-state index contributed by atoms with van der Waals surface area (Å²) >= 11 is 0. The third-order valence-corrected chi connectivity index (χ3v) is 17.9. The zero-order chi connectivity index (χ0) is 53.5. The molecule has 13 nitrogen and oxygen atoms in total. The summed E-state index contributed by atoms with van der Waals surface area (Å²) in [6.45, 7) is 0. The molecule has 414 valence electrons. The van der Waals surface area contributed by atoms with E-state index in [0.717, 1.165) is 0 Å². The molecule has 0 aromatic rings. The number of alkyl halides is 12. The Bertz CT molecular complexity index is 1880. The number of carbonyl (C=O) groups excluding carboxylic acids is 3. The first-order valence-corrected chi connectivity index (χ1v) is 25.2. The molecule has 9 N–H and O–H groups in total. The van der Waals surface area contributed by atoms with Gasteiger partial charge in [0.05, 0.1) is 54.4 Å². The van der Waals surface area contributed by atoms with Crippen LogP contribution in [0.15, 0.2) is 0 Å². The van der Waals surface area contributed by atoms with Crippen LogP contribution in [0.4, 0.5) is 52.7 Å². The van der Waals surface area contributed by atoms with Gasteiger partial charge in [0.1, 0.15) is 0 Å². The van der Waals surface area contributed by atoms with Gasteiger partial charge >= 0.3 is 30.7 Å². The number of rotatable bonds is 12. The fourth-order valence-electron chi connectivity index (χ4n) is 14.2. The Hall–Kier alpha value is -3.16. The summed E-state index contributed by atoms with van der Waals surface area (Å²) in [5.74, 6) is -17.3. The van der Waals surface area contributed by atoms with Gasteiger partial charge in [-0.2, -0.15) is 52.7 Å². The molecule has 16 atom stereocenters. The van der Waals surface area contributed by atoms with Gasteiger partial charge in [0.15, 0.2) is 10.8 Å². The summed E-state index contributed by atoms with van der Waals surface area (Å²) in [6, 6.07) is -5.91. The lowest BCUT2D eigenvalue weighted by Gasteiger charge is -2.53. The van der Waals surface area contributed by atoms with Crippen molar-refractivity contribution in [2.24, 2.45) is 58.2 Å². The van der Waals surface area contributed by atoms with E-state index in [-0.39, 0.29) is 44.9 Å². The van der Waals surface area contributed by atoms with E-state index in [1.807, 2.05) is 0 Å². The number of nitrogens with one attached hydrogen (secondary N) is 4. The van der Waals surface area contributed by atoms with E-state index >= 15 is 52.7 Å². The van der Waals surface area contributed by atoms with E-state index in [1.165, 1.54) is 7.05 Å². The SMILES string of the molecule is CNC1CC(C(C2CCC(O)C(NC(=O)C3CCCC(C(=O)NC4CC(C(C5CCC(O)C(NC(=O)C6CCCCC6C(=O)O)C5)(C(F)(F)F)C(F)(F)F)CCC4O)C3)C2)(C(F)(F)F)C(F)(F)F)CCC1O. The average molecular weight is 1060 g/mol. The molecule has 6 rings (SSSR count). The zero-order valence-electron chi connectivity index (χ0n) is 39.8. The molecule has 0 saturated heterocycles. The number of amides is 3. The van der Waals surface area contributed by atoms with Crippen LogP contribution in [-0.4, -0.2) is 130 Å². The molecule has 6 saturated carbocycles. The monoisotopic (exact) mass is 1060 g/mol. The predicted octanol–water partition coefficient (Wildman–Crippen LogP) is 6.59.